The molecular weight excluding hydrogens is 222 g/mol. The van der Waals surface area contributed by atoms with Gasteiger partial charge in [0, 0.05) is 6.04 Å². The van der Waals surface area contributed by atoms with E-state index in [9.17, 15) is 0 Å². The second-order valence-electron chi connectivity index (χ2n) is 4.75. The third-order valence-corrected chi connectivity index (χ3v) is 2.96. The van der Waals surface area contributed by atoms with Gasteiger partial charge in [-0.25, -0.2) is 0 Å². The van der Waals surface area contributed by atoms with E-state index in [1.807, 2.05) is 54.6 Å². The van der Waals surface area contributed by atoms with Crippen LogP contribution in [0.4, 0.5) is 0 Å². The molecule has 0 bridgehead atoms. The Morgan fingerprint density at radius 1 is 0.833 bits per heavy atom. The molecule has 2 rings (SSSR count). The van der Waals surface area contributed by atoms with Crippen molar-refractivity contribution in [2.24, 2.45) is 11.7 Å². The molecule has 1 unspecified atom stereocenters. The van der Waals surface area contributed by atoms with Crippen molar-refractivity contribution in [3.05, 3.63) is 60.2 Å². The maximum atomic E-state index is 6.10. The van der Waals surface area contributed by atoms with Crippen LogP contribution in [0.5, 0.6) is 11.5 Å². The lowest BCUT2D eigenvalue weighted by atomic mass is 9.97. The largest absolute Gasteiger partial charge is 0.457 e. The molecule has 0 saturated carbocycles. The molecule has 2 heteroatoms. The quantitative estimate of drug-likeness (QED) is 0.873. The Morgan fingerprint density at radius 2 is 1.39 bits per heavy atom. The van der Waals surface area contributed by atoms with Crippen molar-refractivity contribution >= 4 is 0 Å². The molecule has 0 amide bonds. The Labute approximate surface area is 108 Å². The number of benzene rings is 2. The number of para-hydroxylation sites is 1. The molecule has 0 radical (unpaired) electrons. The molecule has 2 nitrogen and oxygen atoms in total. The predicted octanol–water partition coefficient (Wildman–Crippen LogP) is 4.13. The van der Waals surface area contributed by atoms with Crippen LogP contribution >= 0.6 is 0 Å². The van der Waals surface area contributed by atoms with Gasteiger partial charge >= 0.3 is 0 Å². The Morgan fingerprint density at radius 3 is 1.94 bits per heavy atom. The second-order valence-corrected chi connectivity index (χ2v) is 4.75. The summed E-state index contributed by atoms with van der Waals surface area (Å²) in [6.45, 7) is 4.25. The van der Waals surface area contributed by atoms with Crippen molar-refractivity contribution in [1.82, 2.24) is 0 Å². The van der Waals surface area contributed by atoms with Crippen LogP contribution in [0.2, 0.25) is 0 Å². The van der Waals surface area contributed by atoms with E-state index in [-0.39, 0.29) is 6.04 Å². The van der Waals surface area contributed by atoms with Gasteiger partial charge in [-0.05, 0) is 35.7 Å². The molecule has 0 aliphatic rings. The predicted molar refractivity (Wildman–Crippen MR) is 74.7 cm³/mol. The monoisotopic (exact) mass is 241 g/mol. The third kappa shape index (κ3) is 3.11. The van der Waals surface area contributed by atoms with E-state index in [2.05, 4.69) is 13.8 Å². The Balaban J connectivity index is 2.09. The fraction of sp³-hybridized carbons (Fsp3) is 0.250. The molecule has 18 heavy (non-hydrogen) atoms. The van der Waals surface area contributed by atoms with Gasteiger partial charge in [0.1, 0.15) is 11.5 Å². The van der Waals surface area contributed by atoms with Gasteiger partial charge in [-0.15, -0.1) is 0 Å². The summed E-state index contributed by atoms with van der Waals surface area (Å²) in [6, 6.07) is 17.8. The molecule has 2 aromatic carbocycles. The normalized spacial score (nSPS) is 12.4. The standard InChI is InChI=1S/C16H19NO/c1-12(2)16(17)13-8-10-15(11-9-13)18-14-6-4-3-5-7-14/h3-12,16H,17H2,1-2H3. The highest BCUT2D eigenvalue weighted by Crippen LogP contribution is 2.24. The number of hydrogen-bond acceptors (Lipinski definition) is 2. The highest BCUT2D eigenvalue weighted by molar-refractivity contribution is 5.33. The van der Waals surface area contributed by atoms with E-state index in [1.54, 1.807) is 0 Å². The molecule has 0 aliphatic heterocycles. The molecule has 94 valence electrons. The summed E-state index contributed by atoms with van der Waals surface area (Å²) >= 11 is 0. The van der Waals surface area contributed by atoms with E-state index in [0.717, 1.165) is 17.1 Å². The van der Waals surface area contributed by atoms with Crippen molar-refractivity contribution in [3.8, 4) is 11.5 Å². The molecule has 2 N–H and O–H groups in total. The second kappa shape index (κ2) is 5.69. The van der Waals surface area contributed by atoms with Crippen LogP contribution < -0.4 is 10.5 Å². The molecule has 0 aliphatic carbocycles. The first-order chi connectivity index (χ1) is 8.66. The summed E-state index contributed by atoms with van der Waals surface area (Å²) in [4.78, 5) is 0. The van der Waals surface area contributed by atoms with Gasteiger partial charge in [-0.3, -0.25) is 0 Å². The first-order valence-corrected chi connectivity index (χ1v) is 6.25. The highest BCUT2D eigenvalue weighted by atomic mass is 16.5. The zero-order valence-electron chi connectivity index (χ0n) is 10.8. The maximum absolute atomic E-state index is 6.10. The van der Waals surface area contributed by atoms with Gasteiger partial charge in [-0.1, -0.05) is 44.2 Å². The van der Waals surface area contributed by atoms with E-state index in [1.165, 1.54) is 0 Å². The first-order valence-electron chi connectivity index (χ1n) is 6.25. The van der Waals surface area contributed by atoms with Crippen LogP contribution in [-0.4, -0.2) is 0 Å². The molecular formula is C16H19NO. The summed E-state index contributed by atoms with van der Waals surface area (Å²) in [6.07, 6.45) is 0. The van der Waals surface area contributed by atoms with Crippen molar-refractivity contribution in [2.45, 2.75) is 19.9 Å². The van der Waals surface area contributed by atoms with Crippen LogP contribution in [0.25, 0.3) is 0 Å². The van der Waals surface area contributed by atoms with Crippen molar-refractivity contribution in [1.29, 1.82) is 0 Å². The van der Waals surface area contributed by atoms with Gasteiger partial charge < -0.3 is 10.5 Å². The molecule has 2 aromatic rings. The lowest BCUT2D eigenvalue weighted by molar-refractivity contribution is 0.480. The molecule has 0 spiro atoms. The summed E-state index contributed by atoms with van der Waals surface area (Å²) in [5, 5.41) is 0. The summed E-state index contributed by atoms with van der Waals surface area (Å²) in [5.41, 5.74) is 7.24. The van der Waals surface area contributed by atoms with E-state index in [4.69, 9.17) is 10.5 Å². The van der Waals surface area contributed by atoms with E-state index in [0.29, 0.717) is 5.92 Å². The van der Waals surface area contributed by atoms with Crippen molar-refractivity contribution < 1.29 is 4.74 Å². The lowest BCUT2D eigenvalue weighted by Gasteiger charge is -2.16. The lowest BCUT2D eigenvalue weighted by Crippen LogP contribution is -2.16. The van der Waals surface area contributed by atoms with Crippen molar-refractivity contribution in [2.75, 3.05) is 0 Å². The van der Waals surface area contributed by atoms with Gasteiger partial charge in [0.2, 0.25) is 0 Å². The van der Waals surface area contributed by atoms with Crippen LogP contribution in [-0.2, 0) is 0 Å². The first kappa shape index (κ1) is 12.7. The minimum atomic E-state index is 0.0794. The minimum Gasteiger partial charge on any atom is -0.457 e. The SMILES string of the molecule is CC(C)C(N)c1ccc(Oc2ccccc2)cc1. The summed E-state index contributed by atoms with van der Waals surface area (Å²) in [7, 11) is 0. The van der Waals surface area contributed by atoms with Crippen LogP contribution in [0.15, 0.2) is 54.6 Å². The molecule has 0 heterocycles. The van der Waals surface area contributed by atoms with Gasteiger partial charge in [0.25, 0.3) is 0 Å². The number of rotatable bonds is 4. The fourth-order valence-electron chi connectivity index (χ4n) is 1.77. The molecule has 0 fully saturated rings. The zero-order chi connectivity index (χ0) is 13.0. The number of ether oxygens (including phenoxy) is 1. The van der Waals surface area contributed by atoms with Crippen molar-refractivity contribution in [3.63, 3.8) is 0 Å². The molecule has 0 aromatic heterocycles. The van der Waals surface area contributed by atoms with E-state index < -0.39 is 0 Å². The number of nitrogens with two attached hydrogens (primary N) is 1. The van der Waals surface area contributed by atoms with Crippen LogP contribution in [0, 0.1) is 5.92 Å². The van der Waals surface area contributed by atoms with E-state index >= 15 is 0 Å². The Kier molecular flexibility index (Phi) is 4.00. The highest BCUT2D eigenvalue weighted by Gasteiger charge is 2.10. The average molecular weight is 241 g/mol. The average Bonchev–Trinajstić information content (AvgIpc) is 2.40. The van der Waals surface area contributed by atoms with Gasteiger partial charge in [0.15, 0.2) is 0 Å². The van der Waals surface area contributed by atoms with Gasteiger partial charge in [0.05, 0.1) is 0 Å². The van der Waals surface area contributed by atoms with Gasteiger partial charge in [-0.2, -0.15) is 0 Å². The topological polar surface area (TPSA) is 35.2 Å². The van der Waals surface area contributed by atoms with Crippen LogP contribution in [0.1, 0.15) is 25.5 Å². The Bertz CT molecular complexity index is 476. The smallest absolute Gasteiger partial charge is 0.127 e. The fourth-order valence-corrected chi connectivity index (χ4v) is 1.77. The summed E-state index contributed by atoms with van der Waals surface area (Å²) < 4.78 is 5.73. The summed E-state index contributed by atoms with van der Waals surface area (Å²) in [5.74, 6) is 2.12. The Hall–Kier alpha value is -1.80. The minimum absolute atomic E-state index is 0.0794. The molecule has 1 atom stereocenters. The molecule has 0 saturated heterocycles. The van der Waals surface area contributed by atoms with Crippen LogP contribution in [0.3, 0.4) is 0 Å². The third-order valence-electron chi connectivity index (χ3n) is 2.96. The zero-order valence-corrected chi connectivity index (χ0v) is 10.8. The number of hydrogen-bond donors (Lipinski definition) is 1. The maximum Gasteiger partial charge on any atom is 0.127 e.